The molecule has 1 fully saturated rings. The summed E-state index contributed by atoms with van der Waals surface area (Å²) in [4.78, 5) is 32.2. The lowest BCUT2D eigenvalue weighted by Gasteiger charge is -2.29. The number of carbonyl (C=O) groups excluding carboxylic acids is 1. The van der Waals surface area contributed by atoms with E-state index in [0.29, 0.717) is 17.0 Å². The zero-order valence-electron chi connectivity index (χ0n) is 17.4. The fourth-order valence-corrected chi connectivity index (χ4v) is 3.34. The molecule has 0 bridgehead atoms. The minimum absolute atomic E-state index is 0.0566. The number of amides is 1. The molecule has 0 radical (unpaired) electrons. The van der Waals surface area contributed by atoms with Crippen LogP contribution in [-0.2, 0) is 11.2 Å². The monoisotopic (exact) mass is 472 g/mol. The fraction of sp³-hybridized carbons (Fsp3) is 0.429. The number of benzene rings is 1. The van der Waals surface area contributed by atoms with Crippen LogP contribution in [0.2, 0.25) is 5.02 Å². The SMILES string of the molecule is CC(Cc1cnccn1)NC(=O)c1cc(N2CCCCC2)ccc1Cl.O=C(O)C(F)(F)F. The number of halogens is 4. The van der Waals surface area contributed by atoms with Crippen molar-refractivity contribution >= 4 is 29.2 Å². The van der Waals surface area contributed by atoms with E-state index in [0.717, 1.165) is 24.5 Å². The van der Waals surface area contributed by atoms with Crippen LogP contribution in [0, 0.1) is 0 Å². The standard InChI is InChI=1S/C19H23ClN4O.C2HF3O2/c1-14(11-15-13-21-7-8-22-15)23-19(25)17-12-16(5-6-18(17)20)24-9-3-2-4-10-24;3-2(4,5)1(6)7/h5-8,12-14H,2-4,9-11H2,1H3,(H,23,25);(H,6,7). The number of carboxylic acids is 1. The number of carboxylic acid groups (broad SMARTS) is 1. The van der Waals surface area contributed by atoms with Gasteiger partial charge in [0.25, 0.3) is 5.91 Å². The summed E-state index contributed by atoms with van der Waals surface area (Å²) in [5.74, 6) is -2.91. The highest BCUT2D eigenvalue weighted by atomic mass is 35.5. The largest absolute Gasteiger partial charge is 0.490 e. The summed E-state index contributed by atoms with van der Waals surface area (Å²) in [5.41, 5.74) is 2.44. The first-order chi connectivity index (χ1) is 15.1. The lowest BCUT2D eigenvalue weighted by Crippen LogP contribution is -2.35. The van der Waals surface area contributed by atoms with Gasteiger partial charge in [-0.1, -0.05) is 11.6 Å². The van der Waals surface area contributed by atoms with Crippen molar-refractivity contribution in [2.24, 2.45) is 0 Å². The van der Waals surface area contributed by atoms with Gasteiger partial charge < -0.3 is 15.3 Å². The second kappa shape index (κ2) is 11.7. The summed E-state index contributed by atoms with van der Waals surface area (Å²) in [6.45, 7) is 4.02. The summed E-state index contributed by atoms with van der Waals surface area (Å²) in [7, 11) is 0. The number of hydrogen-bond donors (Lipinski definition) is 2. The number of piperidine rings is 1. The van der Waals surface area contributed by atoms with Gasteiger partial charge in [-0.25, -0.2) is 4.79 Å². The Hall–Kier alpha value is -2.88. The topological polar surface area (TPSA) is 95.4 Å². The van der Waals surface area contributed by atoms with E-state index in [1.165, 1.54) is 19.3 Å². The normalized spacial score (nSPS) is 14.7. The van der Waals surface area contributed by atoms with Crippen molar-refractivity contribution in [1.29, 1.82) is 0 Å². The number of aliphatic carboxylic acids is 1. The smallest absolute Gasteiger partial charge is 0.475 e. The van der Waals surface area contributed by atoms with Gasteiger partial charge in [0.15, 0.2) is 0 Å². The molecule has 0 saturated carbocycles. The van der Waals surface area contributed by atoms with E-state index in [-0.39, 0.29) is 11.9 Å². The predicted octanol–water partition coefficient (Wildman–Crippen LogP) is 4.11. The summed E-state index contributed by atoms with van der Waals surface area (Å²) in [5, 5.41) is 10.6. The van der Waals surface area contributed by atoms with Crippen LogP contribution in [0.25, 0.3) is 0 Å². The molecular formula is C21H24ClF3N4O3. The summed E-state index contributed by atoms with van der Waals surface area (Å²) >= 11 is 6.27. The van der Waals surface area contributed by atoms with Crippen LogP contribution in [0.4, 0.5) is 18.9 Å². The molecule has 1 amide bonds. The summed E-state index contributed by atoms with van der Waals surface area (Å²) in [6, 6.07) is 5.65. The molecule has 2 N–H and O–H groups in total. The molecule has 1 aromatic carbocycles. The third-order valence-electron chi connectivity index (χ3n) is 4.67. The van der Waals surface area contributed by atoms with Crippen LogP contribution in [0.5, 0.6) is 0 Å². The molecule has 1 atom stereocenters. The first kappa shape index (κ1) is 25.4. The van der Waals surface area contributed by atoms with Gasteiger partial charge in [-0.15, -0.1) is 0 Å². The molecule has 2 heterocycles. The van der Waals surface area contributed by atoms with E-state index in [1.54, 1.807) is 18.6 Å². The summed E-state index contributed by atoms with van der Waals surface area (Å²) < 4.78 is 31.7. The second-order valence-electron chi connectivity index (χ2n) is 7.29. The maximum absolute atomic E-state index is 12.7. The predicted molar refractivity (Wildman–Crippen MR) is 114 cm³/mol. The Morgan fingerprint density at radius 2 is 1.88 bits per heavy atom. The highest BCUT2D eigenvalue weighted by Gasteiger charge is 2.38. The van der Waals surface area contributed by atoms with Gasteiger partial charge in [0.2, 0.25) is 0 Å². The van der Waals surface area contributed by atoms with Crippen molar-refractivity contribution < 1.29 is 27.9 Å². The molecule has 0 aliphatic carbocycles. The lowest BCUT2D eigenvalue weighted by atomic mass is 10.1. The van der Waals surface area contributed by atoms with Gasteiger partial charge in [-0.2, -0.15) is 13.2 Å². The Bertz CT molecular complexity index is 907. The molecule has 2 aromatic rings. The number of nitrogens with one attached hydrogen (secondary N) is 1. The van der Waals surface area contributed by atoms with Crippen molar-refractivity contribution in [2.75, 3.05) is 18.0 Å². The fourth-order valence-electron chi connectivity index (χ4n) is 3.14. The van der Waals surface area contributed by atoms with Crippen LogP contribution in [0.15, 0.2) is 36.8 Å². The number of hydrogen-bond acceptors (Lipinski definition) is 5. The average Bonchev–Trinajstić information content (AvgIpc) is 2.75. The van der Waals surface area contributed by atoms with Crippen molar-refractivity contribution in [3.05, 3.63) is 53.1 Å². The van der Waals surface area contributed by atoms with Crippen molar-refractivity contribution in [1.82, 2.24) is 15.3 Å². The van der Waals surface area contributed by atoms with Gasteiger partial charge >= 0.3 is 12.1 Å². The maximum atomic E-state index is 12.7. The quantitative estimate of drug-likeness (QED) is 0.679. The zero-order chi connectivity index (χ0) is 23.7. The minimum Gasteiger partial charge on any atom is -0.475 e. The lowest BCUT2D eigenvalue weighted by molar-refractivity contribution is -0.192. The van der Waals surface area contributed by atoms with Crippen molar-refractivity contribution in [3.63, 3.8) is 0 Å². The molecule has 7 nitrogen and oxygen atoms in total. The number of alkyl halides is 3. The minimum atomic E-state index is -5.08. The molecule has 32 heavy (non-hydrogen) atoms. The third-order valence-corrected chi connectivity index (χ3v) is 5.00. The molecule has 1 unspecified atom stereocenters. The Morgan fingerprint density at radius 1 is 1.22 bits per heavy atom. The molecule has 11 heteroatoms. The second-order valence-corrected chi connectivity index (χ2v) is 7.70. The highest BCUT2D eigenvalue weighted by molar-refractivity contribution is 6.34. The number of nitrogens with zero attached hydrogens (tertiary/aromatic N) is 3. The van der Waals surface area contributed by atoms with Crippen LogP contribution in [-0.4, -0.2) is 52.3 Å². The number of carbonyl (C=O) groups is 2. The Balaban J connectivity index is 0.000000451. The number of rotatable bonds is 5. The Kier molecular flexibility index (Phi) is 9.25. The first-order valence-corrected chi connectivity index (χ1v) is 10.4. The van der Waals surface area contributed by atoms with Crippen LogP contribution in [0.3, 0.4) is 0 Å². The van der Waals surface area contributed by atoms with E-state index in [9.17, 15) is 18.0 Å². The van der Waals surface area contributed by atoms with Gasteiger partial charge in [0.05, 0.1) is 16.3 Å². The maximum Gasteiger partial charge on any atom is 0.490 e. The average molecular weight is 473 g/mol. The third kappa shape index (κ3) is 7.99. The van der Waals surface area contributed by atoms with Gasteiger partial charge in [-0.05, 0) is 44.4 Å². The molecule has 1 aliphatic heterocycles. The molecule has 1 aliphatic rings. The van der Waals surface area contributed by atoms with Gasteiger partial charge in [-0.3, -0.25) is 14.8 Å². The number of anilines is 1. The molecule has 174 valence electrons. The van der Waals surface area contributed by atoms with Crippen molar-refractivity contribution in [3.8, 4) is 0 Å². The van der Waals surface area contributed by atoms with Crippen LogP contribution in [0.1, 0.15) is 42.2 Å². The van der Waals surface area contributed by atoms with Gasteiger partial charge in [0, 0.05) is 49.8 Å². The molecule has 0 spiro atoms. The van der Waals surface area contributed by atoms with Crippen LogP contribution < -0.4 is 10.2 Å². The molecule has 1 aromatic heterocycles. The van der Waals surface area contributed by atoms with Crippen LogP contribution >= 0.6 is 11.6 Å². The Morgan fingerprint density at radius 3 is 2.44 bits per heavy atom. The van der Waals surface area contributed by atoms with E-state index < -0.39 is 12.1 Å². The molecule has 1 saturated heterocycles. The van der Waals surface area contributed by atoms with E-state index in [2.05, 4.69) is 20.2 Å². The molecular weight excluding hydrogens is 449 g/mol. The van der Waals surface area contributed by atoms with E-state index in [4.69, 9.17) is 21.5 Å². The highest BCUT2D eigenvalue weighted by Crippen LogP contribution is 2.26. The summed E-state index contributed by atoms with van der Waals surface area (Å²) in [6.07, 6.45) is 4.22. The van der Waals surface area contributed by atoms with E-state index in [1.807, 2.05) is 25.1 Å². The molecule has 3 rings (SSSR count). The van der Waals surface area contributed by atoms with Crippen molar-refractivity contribution in [2.45, 2.75) is 44.8 Å². The van der Waals surface area contributed by atoms with Gasteiger partial charge in [0.1, 0.15) is 0 Å². The number of aromatic nitrogens is 2. The Labute approximate surface area is 188 Å². The van der Waals surface area contributed by atoms with E-state index >= 15 is 0 Å². The first-order valence-electron chi connectivity index (χ1n) is 9.98. The zero-order valence-corrected chi connectivity index (χ0v) is 18.2.